The summed E-state index contributed by atoms with van der Waals surface area (Å²) in [6, 6.07) is -0.379. The molecule has 2 amide bonds. The number of nitrogens with one attached hydrogen (secondary N) is 1. The summed E-state index contributed by atoms with van der Waals surface area (Å²) in [6.45, 7) is 9.21. The monoisotopic (exact) mass is 296 g/mol. The van der Waals surface area contributed by atoms with Crippen molar-refractivity contribution in [3.05, 3.63) is 0 Å². The van der Waals surface area contributed by atoms with Crippen LogP contribution in [0.15, 0.2) is 0 Å². The topological polar surface area (TPSA) is 58.6 Å². The molecule has 2 atom stereocenters. The largest absolute Gasteiger partial charge is 0.379 e. The van der Waals surface area contributed by atoms with E-state index in [1.54, 1.807) is 0 Å². The number of hydrogen-bond acceptors (Lipinski definition) is 3. The number of carbonyl (C=O) groups is 2. The van der Waals surface area contributed by atoms with Gasteiger partial charge in [-0.3, -0.25) is 9.59 Å². The minimum atomic E-state index is -0.747. The average molecular weight is 296 g/mol. The summed E-state index contributed by atoms with van der Waals surface area (Å²) in [4.78, 5) is 27.6. The maximum atomic E-state index is 13.2. The van der Waals surface area contributed by atoms with Crippen molar-refractivity contribution in [3.63, 3.8) is 0 Å². The van der Waals surface area contributed by atoms with Crippen LogP contribution in [0, 0.1) is 0 Å². The molecule has 0 spiro atoms. The zero-order valence-electron chi connectivity index (χ0n) is 13.7. The van der Waals surface area contributed by atoms with Gasteiger partial charge in [0.2, 0.25) is 11.8 Å². The lowest BCUT2D eigenvalue weighted by Gasteiger charge is -2.53. The van der Waals surface area contributed by atoms with E-state index in [2.05, 4.69) is 12.2 Å². The van der Waals surface area contributed by atoms with Crippen LogP contribution in [0.1, 0.15) is 59.8 Å². The van der Waals surface area contributed by atoms with Crippen LogP contribution < -0.4 is 5.32 Å². The second-order valence-corrected chi connectivity index (χ2v) is 6.53. The van der Waals surface area contributed by atoms with Gasteiger partial charge < -0.3 is 15.0 Å². The van der Waals surface area contributed by atoms with Crippen molar-refractivity contribution in [1.29, 1.82) is 0 Å². The van der Waals surface area contributed by atoms with Gasteiger partial charge in [0.1, 0.15) is 11.6 Å². The van der Waals surface area contributed by atoms with Crippen molar-refractivity contribution in [1.82, 2.24) is 10.2 Å². The Kier molecular flexibility index (Phi) is 4.61. The molecule has 5 nitrogen and oxygen atoms in total. The molecule has 0 radical (unpaired) electrons. The first kappa shape index (κ1) is 16.3. The predicted molar refractivity (Wildman–Crippen MR) is 80.8 cm³/mol. The fourth-order valence-corrected chi connectivity index (χ4v) is 3.69. The molecule has 0 saturated carbocycles. The molecule has 120 valence electrons. The van der Waals surface area contributed by atoms with Gasteiger partial charge >= 0.3 is 0 Å². The molecule has 2 aliphatic rings. The van der Waals surface area contributed by atoms with Crippen LogP contribution in [-0.2, 0) is 14.3 Å². The van der Waals surface area contributed by atoms with Gasteiger partial charge in [-0.1, -0.05) is 20.8 Å². The normalized spacial score (nSPS) is 33.0. The van der Waals surface area contributed by atoms with E-state index in [0.29, 0.717) is 25.9 Å². The summed E-state index contributed by atoms with van der Waals surface area (Å²) in [5, 5.41) is 3.00. The second kappa shape index (κ2) is 5.95. The van der Waals surface area contributed by atoms with E-state index in [0.717, 1.165) is 19.4 Å². The molecule has 21 heavy (non-hydrogen) atoms. The van der Waals surface area contributed by atoms with E-state index >= 15 is 0 Å². The zero-order valence-corrected chi connectivity index (χ0v) is 13.7. The molecular formula is C16H28N2O3. The van der Waals surface area contributed by atoms with Gasteiger partial charge in [0, 0.05) is 6.61 Å². The minimum Gasteiger partial charge on any atom is -0.379 e. The van der Waals surface area contributed by atoms with Crippen LogP contribution in [0.4, 0.5) is 0 Å². The van der Waals surface area contributed by atoms with E-state index in [1.807, 2.05) is 25.7 Å². The first-order valence-electron chi connectivity index (χ1n) is 8.17. The van der Waals surface area contributed by atoms with Crippen molar-refractivity contribution in [3.8, 4) is 0 Å². The Hall–Kier alpha value is -1.10. The highest BCUT2D eigenvalue weighted by molar-refractivity contribution is 6.00. The molecule has 5 heteroatoms. The van der Waals surface area contributed by atoms with Crippen LogP contribution in [0.2, 0.25) is 0 Å². The fraction of sp³-hybridized carbons (Fsp3) is 0.875. The lowest BCUT2D eigenvalue weighted by molar-refractivity contribution is -0.169. The van der Waals surface area contributed by atoms with Gasteiger partial charge in [0.15, 0.2) is 0 Å². The Balaban J connectivity index is 2.41. The van der Waals surface area contributed by atoms with E-state index in [-0.39, 0.29) is 23.4 Å². The van der Waals surface area contributed by atoms with Crippen molar-refractivity contribution < 1.29 is 14.3 Å². The highest BCUT2D eigenvalue weighted by atomic mass is 16.5. The van der Waals surface area contributed by atoms with Gasteiger partial charge in [-0.15, -0.1) is 0 Å². The van der Waals surface area contributed by atoms with E-state index in [1.165, 1.54) is 0 Å². The number of piperazine rings is 1. The number of amides is 2. The molecule has 0 aromatic rings. The Labute approximate surface area is 127 Å². The molecule has 2 fully saturated rings. The van der Waals surface area contributed by atoms with Crippen LogP contribution >= 0.6 is 0 Å². The number of carbonyl (C=O) groups excluding carboxylic acids is 2. The number of rotatable bonds is 4. The van der Waals surface area contributed by atoms with Gasteiger partial charge in [-0.25, -0.2) is 0 Å². The molecule has 2 aliphatic heterocycles. The molecule has 1 N–H and O–H groups in total. The highest BCUT2D eigenvalue weighted by Crippen LogP contribution is 2.35. The summed E-state index contributed by atoms with van der Waals surface area (Å²) >= 11 is 0. The lowest BCUT2D eigenvalue weighted by atomic mass is 9.81. The Morgan fingerprint density at radius 3 is 2.43 bits per heavy atom. The van der Waals surface area contributed by atoms with Gasteiger partial charge in [-0.05, 0) is 39.0 Å². The summed E-state index contributed by atoms with van der Waals surface area (Å²) in [5.41, 5.74) is -1.12. The zero-order chi connectivity index (χ0) is 15.7. The van der Waals surface area contributed by atoms with Crippen LogP contribution in [-0.4, -0.2) is 47.0 Å². The number of nitrogens with zero attached hydrogens (tertiary/aromatic N) is 1. The average Bonchev–Trinajstić information content (AvgIpc) is 2.49. The van der Waals surface area contributed by atoms with E-state index in [4.69, 9.17) is 4.74 Å². The minimum absolute atomic E-state index is 0.0207. The Bertz CT molecular complexity index is 412. The number of hydrogen-bond donors (Lipinski definition) is 1. The smallest absolute Gasteiger partial charge is 0.249 e. The third-order valence-electron chi connectivity index (χ3n) is 5.20. The van der Waals surface area contributed by atoms with Gasteiger partial charge in [0.05, 0.1) is 12.1 Å². The molecule has 2 heterocycles. The second-order valence-electron chi connectivity index (χ2n) is 6.53. The quantitative estimate of drug-likeness (QED) is 0.861. The fourth-order valence-electron chi connectivity index (χ4n) is 3.69. The summed E-state index contributed by atoms with van der Waals surface area (Å²) in [5.74, 6) is 0.0412. The van der Waals surface area contributed by atoms with E-state index in [9.17, 15) is 9.59 Å². The van der Waals surface area contributed by atoms with Gasteiger partial charge in [-0.2, -0.15) is 0 Å². The van der Waals surface area contributed by atoms with Crippen LogP contribution in [0.5, 0.6) is 0 Å². The predicted octanol–water partition coefficient (Wildman–Crippen LogP) is 1.85. The number of ether oxygens (including phenoxy) is 1. The highest BCUT2D eigenvalue weighted by Gasteiger charge is 2.54. The van der Waals surface area contributed by atoms with Crippen LogP contribution in [0.3, 0.4) is 0 Å². The van der Waals surface area contributed by atoms with Crippen molar-refractivity contribution >= 4 is 11.8 Å². The molecule has 0 aliphatic carbocycles. The summed E-state index contributed by atoms with van der Waals surface area (Å²) < 4.78 is 5.62. The maximum absolute atomic E-state index is 13.2. The van der Waals surface area contributed by atoms with Crippen molar-refractivity contribution in [2.75, 3.05) is 13.2 Å². The maximum Gasteiger partial charge on any atom is 0.249 e. The van der Waals surface area contributed by atoms with Crippen molar-refractivity contribution in [2.45, 2.75) is 76.9 Å². The summed E-state index contributed by atoms with van der Waals surface area (Å²) in [7, 11) is 0. The van der Waals surface area contributed by atoms with E-state index < -0.39 is 5.54 Å². The van der Waals surface area contributed by atoms with Crippen molar-refractivity contribution in [2.24, 2.45) is 0 Å². The molecule has 2 rings (SSSR count). The molecule has 2 saturated heterocycles. The third kappa shape index (κ3) is 2.56. The first-order chi connectivity index (χ1) is 9.94. The molecular weight excluding hydrogens is 268 g/mol. The molecule has 2 unspecified atom stereocenters. The van der Waals surface area contributed by atoms with Crippen LogP contribution in [0.25, 0.3) is 0 Å². The Morgan fingerprint density at radius 1 is 1.29 bits per heavy atom. The van der Waals surface area contributed by atoms with Gasteiger partial charge in [0.25, 0.3) is 0 Å². The first-order valence-corrected chi connectivity index (χ1v) is 8.17. The summed E-state index contributed by atoms with van der Waals surface area (Å²) in [6.07, 6.45) is 3.71. The lowest BCUT2D eigenvalue weighted by Crippen LogP contribution is -2.75. The molecule has 0 aromatic heterocycles. The molecule has 0 bridgehead atoms. The molecule has 0 aromatic carbocycles. The third-order valence-corrected chi connectivity index (χ3v) is 5.20. The SMILES string of the molecule is CCC1C(=O)NC(CC)(CC)C(=O)N1C1(C)CCCOC1. The standard InChI is InChI=1S/C16H28N2O3/c1-5-12-13(19)17-16(6-2,7-3)14(20)18(12)15(4)9-8-10-21-11-15/h12H,5-11H2,1-4H3,(H,17,19). The Morgan fingerprint density at radius 2 is 1.95 bits per heavy atom.